The Kier molecular flexibility index (Phi) is 3.72. The highest BCUT2D eigenvalue weighted by molar-refractivity contribution is 7.92. The molecule has 1 fully saturated rings. The average molecular weight is 307 g/mol. The van der Waals surface area contributed by atoms with Crippen LogP contribution in [0.5, 0.6) is 0 Å². The van der Waals surface area contributed by atoms with Crippen LogP contribution in [0.3, 0.4) is 0 Å². The van der Waals surface area contributed by atoms with Gasteiger partial charge in [0.05, 0.1) is 17.7 Å². The number of nitrogens with zero attached hydrogens (tertiary/aromatic N) is 2. The fourth-order valence-corrected chi connectivity index (χ4v) is 4.90. The number of hydrogen-bond donors (Lipinski definition) is 1. The van der Waals surface area contributed by atoms with Gasteiger partial charge in [0, 0.05) is 18.3 Å². The van der Waals surface area contributed by atoms with Gasteiger partial charge in [0.2, 0.25) is 10.0 Å². The lowest BCUT2D eigenvalue weighted by Crippen LogP contribution is -2.35. The molecule has 1 saturated heterocycles. The molecule has 0 radical (unpaired) electrons. The van der Waals surface area contributed by atoms with Crippen LogP contribution in [-0.2, 0) is 19.9 Å². The third-order valence-corrected chi connectivity index (χ3v) is 6.21. The fourth-order valence-electron chi connectivity index (χ4n) is 1.92. The molecule has 1 aliphatic rings. The number of aromatic nitrogens is 2. The van der Waals surface area contributed by atoms with Gasteiger partial charge in [-0.3, -0.25) is 4.68 Å². The van der Waals surface area contributed by atoms with E-state index in [0.717, 1.165) is 0 Å². The first-order valence-electron chi connectivity index (χ1n) is 5.96. The highest BCUT2D eigenvalue weighted by Crippen LogP contribution is 2.16. The van der Waals surface area contributed by atoms with Gasteiger partial charge in [0.1, 0.15) is 4.90 Å². The van der Waals surface area contributed by atoms with Crippen molar-refractivity contribution in [3.63, 3.8) is 0 Å². The molecule has 108 valence electrons. The van der Waals surface area contributed by atoms with Crippen LogP contribution in [-0.4, -0.2) is 44.2 Å². The predicted molar refractivity (Wildman–Crippen MR) is 70.0 cm³/mol. The minimum Gasteiger partial charge on any atom is -0.269 e. The highest BCUT2D eigenvalue weighted by atomic mass is 32.2. The first kappa shape index (κ1) is 14.5. The van der Waals surface area contributed by atoms with Crippen molar-refractivity contribution in [3.8, 4) is 0 Å². The Labute approximate surface area is 113 Å². The summed E-state index contributed by atoms with van der Waals surface area (Å²) in [6.45, 7) is 3.78. The summed E-state index contributed by atoms with van der Waals surface area (Å²) in [5, 5.41) is 3.96. The lowest BCUT2D eigenvalue weighted by molar-refractivity contribution is 0.530. The van der Waals surface area contributed by atoms with Crippen molar-refractivity contribution in [1.82, 2.24) is 14.5 Å². The van der Waals surface area contributed by atoms with E-state index in [9.17, 15) is 16.8 Å². The minimum atomic E-state index is -3.70. The summed E-state index contributed by atoms with van der Waals surface area (Å²) in [4.78, 5) is 0.0606. The molecule has 1 aliphatic heterocycles. The molecule has 1 aromatic rings. The maximum Gasteiger partial charge on any atom is 0.243 e. The first-order chi connectivity index (χ1) is 8.70. The number of nitrogens with one attached hydrogen (secondary N) is 1. The molecule has 1 unspecified atom stereocenters. The normalized spacial score (nSPS) is 23.0. The van der Waals surface area contributed by atoms with Crippen LogP contribution in [0.15, 0.2) is 17.3 Å². The molecule has 19 heavy (non-hydrogen) atoms. The van der Waals surface area contributed by atoms with Gasteiger partial charge in [-0.05, 0) is 20.3 Å². The molecule has 0 saturated carbocycles. The smallest absolute Gasteiger partial charge is 0.243 e. The summed E-state index contributed by atoms with van der Waals surface area (Å²) in [7, 11) is -6.81. The number of sulfonamides is 1. The monoisotopic (exact) mass is 307 g/mol. The van der Waals surface area contributed by atoms with E-state index < -0.39 is 25.9 Å². The Bertz CT molecular complexity index is 661. The van der Waals surface area contributed by atoms with Crippen molar-refractivity contribution < 1.29 is 16.8 Å². The van der Waals surface area contributed by atoms with Gasteiger partial charge in [-0.1, -0.05) is 0 Å². The second-order valence-electron chi connectivity index (χ2n) is 4.97. The lowest BCUT2D eigenvalue weighted by atomic mass is 10.3. The second-order valence-corrected chi connectivity index (χ2v) is 8.91. The Morgan fingerprint density at radius 3 is 2.63 bits per heavy atom. The van der Waals surface area contributed by atoms with E-state index in [1.165, 1.54) is 12.4 Å². The van der Waals surface area contributed by atoms with Gasteiger partial charge in [-0.2, -0.15) is 5.10 Å². The number of sulfone groups is 1. The van der Waals surface area contributed by atoms with Crippen molar-refractivity contribution in [2.45, 2.75) is 37.2 Å². The van der Waals surface area contributed by atoms with Crippen LogP contribution < -0.4 is 4.72 Å². The highest BCUT2D eigenvalue weighted by Gasteiger charge is 2.31. The predicted octanol–water partition coefficient (Wildman–Crippen LogP) is -0.0706. The molecule has 7 nitrogen and oxygen atoms in total. The molecule has 1 N–H and O–H groups in total. The zero-order chi connectivity index (χ0) is 14.3. The van der Waals surface area contributed by atoms with E-state index in [4.69, 9.17) is 0 Å². The summed E-state index contributed by atoms with van der Waals surface area (Å²) >= 11 is 0. The van der Waals surface area contributed by atoms with Crippen LogP contribution in [0.25, 0.3) is 0 Å². The minimum absolute atomic E-state index is 0.0332. The summed E-state index contributed by atoms with van der Waals surface area (Å²) in [5.41, 5.74) is 0. The maximum atomic E-state index is 12.1. The van der Waals surface area contributed by atoms with Crippen LogP contribution in [0.2, 0.25) is 0 Å². The Hall–Kier alpha value is -0.930. The molecule has 2 rings (SSSR count). The van der Waals surface area contributed by atoms with Crippen molar-refractivity contribution >= 4 is 19.9 Å². The average Bonchev–Trinajstić information content (AvgIpc) is 2.84. The van der Waals surface area contributed by atoms with Crippen LogP contribution >= 0.6 is 0 Å². The van der Waals surface area contributed by atoms with Crippen molar-refractivity contribution in [2.24, 2.45) is 0 Å². The topological polar surface area (TPSA) is 98.1 Å². The molecule has 0 aliphatic carbocycles. The van der Waals surface area contributed by atoms with Gasteiger partial charge >= 0.3 is 0 Å². The van der Waals surface area contributed by atoms with E-state index in [2.05, 4.69) is 9.82 Å². The van der Waals surface area contributed by atoms with E-state index in [1.807, 2.05) is 13.8 Å². The Morgan fingerprint density at radius 2 is 2.16 bits per heavy atom. The standard InChI is InChI=1S/C10H17N3O4S2/c1-8(2)13-6-10(5-11-13)19(16,17)12-9-3-4-18(14,15)7-9/h5-6,8-9,12H,3-4,7H2,1-2H3. The third-order valence-electron chi connectivity index (χ3n) is 2.97. The van der Waals surface area contributed by atoms with Crippen molar-refractivity contribution in [2.75, 3.05) is 11.5 Å². The summed E-state index contributed by atoms with van der Waals surface area (Å²) < 4.78 is 50.7. The fraction of sp³-hybridized carbons (Fsp3) is 0.700. The van der Waals surface area contributed by atoms with E-state index >= 15 is 0 Å². The van der Waals surface area contributed by atoms with Gasteiger partial charge in [0.25, 0.3) is 0 Å². The molecule has 0 spiro atoms. The van der Waals surface area contributed by atoms with E-state index in [0.29, 0.717) is 6.42 Å². The van der Waals surface area contributed by atoms with Crippen LogP contribution in [0.1, 0.15) is 26.3 Å². The zero-order valence-electron chi connectivity index (χ0n) is 10.8. The summed E-state index contributed by atoms with van der Waals surface area (Å²) in [5.74, 6) is -0.101. The molecule has 1 aromatic heterocycles. The maximum absolute atomic E-state index is 12.1. The van der Waals surface area contributed by atoms with E-state index in [-0.39, 0.29) is 22.4 Å². The zero-order valence-corrected chi connectivity index (χ0v) is 12.4. The largest absolute Gasteiger partial charge is 0.269 e. The molecular weight excluding hydrogens is 290 g/mol. The van der Waals surface area contributed by atoms with E-state index in [1.54, 1.807) is 4.68 Å². The lowest BCUT2D eigenvalue weighted by Gasteiger charge is -2.10. The van der Waals surface area contributed by atoms with Crippen molar-refractivity contribution in [1.29, 1.82) is 0 Å². The van der Waals surface area contributed by atoms with Gasteiger partial charge in [-0.15, -0.1) is 0 Å². The number of rotatable bonds is 4. The molecule has 0 amide bonds. The molecule has 0 aromatic carbocycles. The van der Waals surface area contributed by atoms with Crippen LogP contribution in [0, 0.1) is 0 Å². The number of hydrogen-bond acceptors (Lipinski definition) is 5. The SMILES string of the molecule is CC(C)n1cc(S(=O)(=O)NC2CCS(=O)(=O)C2)cn1. The molecular formula is C10H17N3O4S2. The Balaban J connectivity index is 2.14. The van der Waals surface area contributed by atoms with Gasteiger partial charge in [-0.25, -0.2) is 21.6 Å². The summed E-state index contributed by atoms with van der Waals surface area (Å²) in [6, 6.07) is -0.479. The third kappa shape index (κ3) is 3.34. The quantitative estimate of drug-likeness (QED) is 0.839. The van der Waals surface area contributed by atoms with Crippen molar-refractivity contribution in [3.05, 3.63) is 12.4 Å². The molecule has 1 atom stereocenters. The first-order valence-corrected chi connectivity index (χ1v) is 9.27. The molecule has 2 heterocycles. The second kappa shape index (κ2) is 4.88. The summed E-state index contributed by atoms with van der Waals surface area (Å²) in [6.07, 6.45) is 3.03. The molecule has 0 bridgehead atoms. The molecule has 9 heteroatoms. The van der Waals surface area contributed by atoms with Gasteiger partial charge in [0.15, 0.2) is 9.84 Å². The Morgan fingerprint density at radius 1 is 1.47 bits per heavy atom. The van der Waals surface area contributed by atoms with Crippen LogP contribution in [0.4, 0.5) is 0 Å². The van der Waals surface area contributed by atoms with Gasteiger partial charge < -0.3 is 0 Å².